The van der Waals surface area contributed by atoms with E-state index in [4.69, 9.17) is 0 Å². The zero-order valence-corrected chi connectivity index (χ0v) is 14.4. The van der Waals surface area contributed by atoms with E-state index < -0.39 is 0 Å². The van der Waals surface area contributed by atoms with Gasteiger partial charge in [-0.2, -0.15) is 0 Å². The highest BCUT2D eigenvalue weighted by molar-refractivity contribution is 7.17. The van der Waals surface area contributed by atoms with Gasteiger partial charge in [0.2, 0.25) is 0 Å². The molecule has 0 radical (unpaired) electrons. The van der Waals surface area contributed by atoms with Crippen molar-refractivity contribution in [3.05, 3.63) is 47.2 Å². The Kier molecular flexibility index (Phi) is 4.08. The predicted octanol–water partition coefficient (Wildman–Crippen LogP) is 3.69. The molecule has 1 aliphatic rings. The van der Waals surface area contributed by atoms with Crippen LogP contribution in [0, 0.1) is 0 Å². The summed E-state index contributed by atoms with van der Waals surface area (Å²) in [7, 11) is 2.18. The second kappa shape index (κ2) is 6.37. The van der Waals surface area contributed by atoms with Gasteiger partial charge >= 0.3 is 0 Å². The van der Waals surface area contributed by atoms with E-state index in [0.717, 1.165) is 13.1 Å². The maximum atomic E-state index is 12.4. The van der Waals surface area contributed by atoms with Gasteiger partial charge < -0.3 is 15.2 Å². The van der Waals surface area contributed by atoms with E-state index in [2.05, 4.69) is 38.7 Å². The highest BCUT2D eigenvalue weighted by atomic mass is 32.1. The summed E-state index contributed by atoms with van der Waals surface area (Å²) in [5, 5.41) is 6.34. The molecule has 0 aliphatic carbocycles. The second-order valence-electron chi connectivity index (χ2n) is 6.40. The lowest BCUT2D eigenvalue weighted by molar-refractivity contribution is 0.102. The maximum absolute atomic E-state index is 12.4. The van der Waals surface area contributed by atoms with E-state index >= 15 is 0 Å². The van der Waals surface area contributed by atoms with E-state index in [1.165, 1.54) is 28.5 Å². The van der Waals surface area contributed by atoms with Crippen LogP contribution < -0.4 is 5.32 Å². The number of benzene rings is 1. The number of nitrogens with zero attached hydrogens (tertiary/aromatic N) is 2. The summed E-state index contributed by atoms with van der Waals surface area (Å²) in [6.45, 7) is 2.28. The molecule has 1 aliphatic heterocycles. The first-order valence-electron chi connectivity index (χ1n) is 8.20. The summed E-state index contributed by atoms with van der Waals surface area (Å²) < 4.78 is 1.25. The van der Waals surface area contributed by atoms with Crippen LogP contribution in [-0.2, 0) is 0 Å². The number of aromatic nitrogens is 2. The van der Waals surface area contributed by atoms with Crippen molar-refractivity contribution in [1.29, 1.82) is 0 Å². The summed E-state index contributed by atoms with van der Waals surface area (Å²) >= 11 is 1.77. The summed E-state index contributed by atoms with van der Waals surface area (Å²) in [4.78, 5) is 21.6. The molecule has 3 aromatic rings. The van der Waals surface area contributed by atoms with E-state index in [-0.39, 0.29) is 5.91 Å². The Morgan fingerprint density at radius 1 is 1.38 bits per heavy atom. The summed E-state index contributed by atoms with van der Waals surface area (Å²) in [5.41, 5.74) is 2.09. The van der Waals surface area contributed by atoms with Crippen molar-refractivity contribution in [3.63, 3.8) is 0 Å². The van der Waals surface area contributed by atoms with Crippen molar-refractivity contribution in [2.75, 3.05) is 25.5 Å². The fraction of sp³-hybridized carbons (Fsp3) is 0.333. The Bertz CT molecular complexity index is 847. The number of carbonyl (C=O) groups is 1. The van der Waals surface area contributed by atoms with Gasteiger partial charge in [-0.05, 0) is 73.4 Å². The van der Waals surface area contributed by atoms with Crippen molar-refractivity contribution in [2.24, 2.45) is 0 Å². The zero-order valence-electron chi connectivity index (χ0n) is 13.6. The molecule has 1 amide bonds. The zero-order chi connectivity index (χ0) is 16.5. The molecule has 0 saturated carbocycles. The number of imidazole rings is 1. The minimum Gasteiger partial charge on any atom is -0.331 e. The Morgan fingerprint density at radius 3 is 2.96 bits per heavy atom. The van der Waals surface area contributed by atoms with Crippen molar-refractivity contribution in [3.8, 4) is 0 Å². The van der Waals surface area contributed by atoms with E-state index in [0.29, 0.717) is 17.3 Å². The third kappa shape index (κ3) is 2.95. The third-order valence-corrected chi connectivity index (χ3v) is 5.75. The lowest BCUT2D eigenvalue weighted by atomic mass is 9.89. The summed E-state index contributed by atoms with van der Waals surface area (Å²) in [6.07, 6.45) is 5.53. The molecule has 5 nitrogen and oxygen atoms in total. The highest BCUT2D eigenvalue weighted by Crippen LogP contribution is 2.37. The largest absolute Gasteiger partial charge is 0.331 e. The highest BCUT2D eigenvalue weighted by Gasteiger charge is 2.21. The maximum Gasteiger partial charge on any atom is 0.256 e. The fourth-order valence-electron chi connectivity index (χ4n) is 3.34. The Hall–Kier alpha value is -2.18. The lowest BCUT2D eigenvalue weighted by Gasteiger charge is -2.28. The molecule has 2 aromatic heterocycles. The molecule has 0 atom stereocenters. The van der Waals surface area contributed by atoms with Crippen molar-refractivity contribution in [2.45, 2.75) is 18.8 Å². The number of rotatable bonds is 3. The number of likely N-dealkylation sites (tertiary alicyclic amines) is 1. The number of piperidine rings is 1. The predicted molar refractivity (Wildman–Crippen MR) is 97.8 cm³/mol. The molecule has 6 heteroatoms. The van der Waals surface area contributed by atoms with Gasteiger partial charge in [0.05, 0.1) is 12.5 Å². The third-order valence-electron chi connectivity index (χ3n) is 4.77. The summed E-state index contributed by atoms with van der Waals surface area (Å²) in [6, 6.07) is 5.98. The molecular formula is C18H20N4OS. The van der Waals surface area contributed by atoms with Crippen LogP contribution in [0.5, 0.6) is 0 Å². The van der Waals surface area contributed by atoms with Gasteiger partial charge in [0.15, 0.2) is 0 Å². The van der Waals surface area contributed by atoms with E-state index in [1.54, 1.807) is 23.9 Å². The fourth-order valence-corrected chi connectivity index (χ4v) is 4.37. The number of aromatic amines is 1. The van der Waals surface area contributed by atoms with Crippen molar-refractivity contribution in [1.82, 2.24) is 14.9 Å². The SMILES string of the molecule is CN1CCC(c2csc3ccc(C(=O)Nc4cnc[nH]4)cc23)CC1. The van der Waals surface area contributed by atoms with Gasteiger partial charge in [0.1, 0.15) is 5.82 Å². The number of carbonyl (C=O) groups excluding carboxylic acids is 1. The Balaban J connectivity index is 1.62. The van der Waals surface area contributed by atoms with Crippen LogP contribution in [0.4, 0.5) is 5.82 Å². The topological polar surface area (TPSA) is 61.0 Å². The molecule has 0 spiro atoms. The monoisotopic (exact) mass is 340 g/mol. The first-order valence-corrected chi connectivity index (χ1v) is 9.08. The molecule has 1 aromatic carbocycles. The Morgan fingerprint density at radius 2 is 2.21 bits per heavy atom. The number of H-pyrrole nitrogens is 1. The number of fused-ring (bicyclic) bond motifs is 1. The van der Waals surface area contributed by atoms with Crippen LogP contribution in [-0.4, -0.2) is 40.9 Å². The molecule has 3 heterocycles. The molecule has 1 fully saturated rings. The lowest BCUT2D eigenvalue weighted by Crippen LogP contribution is -2.29. The van der Waals surface area contributed by atoms with Crippen LogP contribution in [0.3, 0.4) is 0 Å². The van der Waals surface area contributed by atoms with Crippen molar-refractivity contribution < 1.29 is 4.79 Å². The van der Waals surface area contributed by atoms with E-state index in [9.17, 15) is 4.79 Å². The number of anilines is 1. The number of thiophene rings is 1. The average Bonchev–Trinajstić information content (AvgIpc) is 3.24. The van der Waals surface area contributed by atoms with Crippen molar-refractivity contribution >= 4 is 33.1 Å². The van der Waals surface area contributed by atoms with Crippen LogP contribution >= 0.6 is 11.3 Å². The van der Waals surface area contributed by atoms with Gasteiger partial charge in [-0.3, -0.25) is 4.79 Å². The number of nitrogens with one attached hydrogen (secondary N) is 2. The summed E-state index contributed by atoms with van der Waals surface area (Å²) in [5.74, 6) is 1.10. The quantitative estimate of drug-likeness (QED) is 0.764. The molecule has 1 saturated heterocycles. The van der Waals surface area contributed by atoms with Crippen LogP contribution in [0.25, 0.3) is 10.1 Å². The molecule has 2 N–H and O–H groups in total. The molecular weight excluding hydrogens is 320 g/mol. The average molecular weight is 340 g/mol. The van der Waals surface area contributed by atoms with Gasteiger partial charge in [-0.1, -0.05) is 0 Å². The first-order chi connectivity index (χ1) is 11.7. The van der Waals surface area contributed by atoms with Crippen LogP contribution in [0.15, 0.2) is 36.1 Å². The molecule has 124 valence electrons. The first kappa shape index (κ1) is 15.4. The normalized spacial score (nSPS) is 16.5. The minimum absolute atomic E-state index is 0.110. The number of hydrogen-bond acceptors (Lipinski definition) is 4. The minimum atomic E-state index is -0.110. The van der Waals surface area contributed by atoms with E-state index in [1.807, 2.05) is 12.1 Å². The van der Waals surface area contributed by atoms with Gasteiger partial charge in [-0.15, -0.1) is 11.3 Å². The van der Waals surface area contributed by atoms with Gasteiger partial charge in [0.25, 0.3) is 5.91 Å². The van der Waals surface area contributed by atoms with Crippen LogP contribution in [0.2, 0.25) is 0 Å². The second-order valence-corrected chi connectivity index (χ2v) is 7.31. The standard InChI is InChI=1S/C18H20N4OS/c1-22-6-4-12(5-7-22)15-10-24-16-3-2-13(8-14(15)16)18(23)21-17-9-19-11-20-17/h2-3,8-12H,4-7H2,1H3,(H,19,20)(H,21,23). The molecule has 0 bridgehead atoms. The number of hydrogen-bond donors (Lipinski definition) is 2. The number of amides is 1. The molecule has 4 rings (SSSR count). The molecule has 0 unspecified atom stereocenters. The van der Waals surface area contributed by atoms with Crippen LogP contribution in [0.1, 0.15) is 34.7 Å². The molecule has 24 heavy (non-hydrogen) atoms. The Labute approximate surface area is 144 Å². The van der Waals surface area contributed by atoms with Gasteiger partial charge in [0, 0.05) is 10.3 Å². The smallest absolute Gasteiger partial charge is 0.256 e. The van der Waals surface area contributed by atoms with Gasteiger partial charge in [-0.25, -0.2) is 4.98 Å².